The second-order valence-electron chi connectivity index (χ2n) is 5.56. The Balaban J connectivity index is 2.05. The van der Waals surface area contributed by atoms with Crippen LogP contribution in [0.2, 0.25) is 0 Å². The number of para-hydroxylation sites is 1. The third kappa shape index (κ3) is 2.88. The molecule has 0 aliphatic carbocycles. The van der Waals surface area contributed by atoms with E-state index in [9.17, 15) is 4.79 Å². The average molecular weight is 321 g/mol. The maximum absolute atomic E-state index is 12.1. The largest absolute Gasteiger partial charge is 0.466 e. The lowest BCUT2D eigenvalue weighted by Crippen LogP contribution is -2.43. The fourth-order valence-electron chi connectivity index (χ4n) is 2.88. The van der Waals surface area contributed by atoms with Crippen LogP contribution in [0.15, 0.2) is 71.7 Å². The van der Waals surface area contributed by atoms with E-state index in [4.69, 9.17) is 10.5 Å². The summed E-state index contributed by atoms with van der Waals surface area (Å²) in [7, 11) is 1.35. The number of nitrogens with two attached hydrogens (primary N) is 1. The summed E-state index contributed by atoms with van der Waals surface area (Å²) >= 11 is 0. The molecule has 0 amide bonds. The standard InChI is InChI=1S/C19H19N3O2/c1-13(18(23)24-2)17-15-10-6-7-11-16(15)21-19(20)22(17)12-14-8-4-3-5-9-14/h3-11,17H,1,12H2,2H3,(H2,20,21). The first-order chi connectivity index (χ1) is 11.6. The Morgan fingerprint density at radius 3 is 2.58 bits per heavy atom. The Kier molecular flexibility index (Phi) is 4.33. The van der Waals surface area contributed by atoms with Crippen LogP contribution in [0.4, 0.5) is 5.69 Å². The number of aliphatic imine (C=N–C) groups is 1. The van der Waals surface area contributed by atoms with Gasteiger partial charge in [-0.05, 0) is 11.6 Å². The van der Waals surface area contributed by atoms with Crippen LogP contribution in [0.25, 0.3) is 0 Å². The fraction of sp³-hybridized carbons (Fsp3) is 0.158. The van der Waals surface area contributed by atoms with E-state index in [0.717, 1.165) is 16.8 Å². The van der Waals surface area contributed by atoms with E-state index in [-0.39, 0.29) is 0 Å². The minimum Gasteiger partial charge on any atom is -0.466 e. The zero-order chi connectivity index (χ0) is 17.1. The monoisotopic (exact) mass is 321 g/mol. The van der Waals surface area contributed by atoms with Crippen LogP contribution in [0.3, 0.4) is 0 Å². The van der Waals surface area contributed by atoms with Gasteiger partial charge in [0.2, 0.25) is 0 Å². The van der Waals surface area contributed by atoms with Gasteiger partial charge in [0.05, 0.1) is 24.4 Å². The number of esters is 1. The Labute approximate surface area is 141 Å². The molecule has 122 valence electrons. The number of fused-ring (bicyclic) bond motifs is 1. The predicted octanol–water partition coefficient (Wildman–Crippen LogP) is 2.92. The highest BCUT2D eigenvalue weighted by Crippen LogP contribution is 2.38. The second kappa shape index (κ2) is 6.58. The summed E-state index contributed by atoms with van der Waals surface area (Å²) in [5.74, 6) is -0.102. The number of hydrogen-bond acceptors (Lipinski definition) is 5. The molecule has 0 saturated heterocycles. The van der Waals surface area contributed by atoms with Crippen molar-refractivity contribution in [2.45, 2.75) is 12.6 Å². The molecule has 24 heavy (non-hydrogen) atoms. The van der Waals surface area contributed by atoms with Gasteiger partial charge in [-0.1, -0.05) is 55.1 Å². The summed E-state index contributed by atoms with van der Waals surface area (Å²) < 4.78 is 4.87. The van der Waals surface area contributed by atoms with Gasteiger partial charge in [0, 0.05) is 12.1 Å². The van der Waals surface area contributed by atoms with Crippen molar-refractivity contribution in [3.63, 3.8) is 0 Å². The van der Waals surface area contributed by atoms with E-state index in [1.807, 2.05) is 59.5 Å². The van der Waals surface area contributed by atoms with Crippen molar-refractivity contribution in [1.82, 2.24) is 4.90 Å². The third-order valence-corrected chi connectivity index (χ3v) is 4.05. The molecule has 0 fully saturated rings. The average Bonchev–Trinajstić information content (AvgIpc) is 2.62. The molecule has 5 heteroatoms. The molecular formula is C19H19N3O2. The highest BCUT2D eigenvalue weighted by Gasteiger charge is 2.33. The first-order valence-electron chi connectivity index (χ1n) is 7.62. The molecule has 1 heterocycles. The molecule has 3 rings (SSSR count). The van der Waals surface area contributed by atoms with E-state index in [0.29, 0.717) is 18.1 Å². The van der Waals surface area contributed by atoms with Gasteiger partial charge in [-0.2, -0.15) is 0 Å². The molecule has 0 aromatic heterocycles. The number of rotatable bonds is 4. The Hall–Kier alpha value is -3.08. The first kappa shape index (κ1) is 15.8. The van der Waals surface area contributed by atoms with Gasteiger partial charge in [-0.25, -0.2) is 9.79 Å². The van der Waals surface area contributed by atoms with Crippen LogP contribution in [-0.2, 0) is 16.1 Å². The molecular weight excluding hydrogens is 302 g/mol. The number of guanidine groups is 1. The first-order valence-corrected chi connectivity index (χ1v) is 7.62. The molecule has 1 unspecified atom stereocenters. The van der Waals surface area contributed by atoms with Crippen molar-refractivity contribution in [2.24, 2.45) is 10.7 Å². The van der Waals surface area contributed by atoms with Gasteiger partial charge < -0.3 is 15.4 Å². The van der Waals surface area contributed by atoms with Crippen molar-refractivity contribution in [1.29, 1.82) is 0 Å². The van der Waals surface area contributed by atoms with Crippen molar-refractivity contribution >= 4 is 17.6 Å². The Morgan fingerprint density at radius 1 is 1.21 bits per heavy atom. The van der Waals surface area contributed by atoms with Gasteiger partial charge in [-0.15, -0.1) is 0 Å². The topological polar surface area (TPSA) is 67.9 Å². The normalized spacial score (nSPS) is 16.1. The lowest BCUT2D eigenvalue weighted by Gasteiger charge is -2.37. The molecule has 0 bridgehead atoms. The van der Waals surface area contributed by atoms with Gasteiger partial charge in [0.15, 0.2) is 5.96 Å². The second-order valence-corrected chi connectivity index (χ2v) is 5.56. The van der Waals surface area contributed by atoms with E-state index in [1.54, 1.807) is 0 Å². The number of benzene rings is 2. The zero-order valence-corrected chi connectivity index (χ0v) is 13.5. The van der Waals surface area contributed by atoms with Gasteiger partial charge in [-0.3, -0.25) is 0 Å². The van der Waals surface area contributed by atoms with Crippen LogP contribution >= 0.6 is 0 Å². The molecule has 1 aliphatic rings. The van der Waals surface area contributed by atoms with Crippen molar-refractivity contribution < 1.29 is 9.53 Å². The van der Waals surface area contributed by atoms with E-state index >= 15 is 0 Å². The lowest BCUT2D eigenvalue weighted by atomic mass is 9.94. The summed E-state index contributed by atoms with van der Waals surface area (Å²) in [6, 6.07) is 17.1. The molecule has 1 aliphatic heterocycles. The van der Waals surface area contributed by atoms with Crippen molar-refractivity contribution in [2.75, 3.05) is 7.11 Å². The lowest BCUT2D eigenvalue weighted by molar-refractivity contribution is -0.136. The van der Waals surface area contributed by atoms with Crippen LogP contribution in [-0.4, -0.2) is 23.9 Å². The highest BCUT2D eigenvalue weighted by molar-refractivity contribution is 5.93. The highest BCUT2D eigenvalue weighted by atomic mass is 16.5. The summed E-state index contributed by atoms with van der Waals surface area (Å²) in [5, 5.41) is 0. The van der Waals surface area contributed by atoms with Crippen LogP contribution in [0.5, 0.6) is 0 Å². The third-order valence-electron chi connectivity index (χ3n) is 4.05. The number of carbonyl (C=O) groups excluding carboxylic acids is 1. The van der Waals surface area contributed by atoms with E-state index in [1.165, 1.54) is 7.11 Å². The van der Waals surface area contributed by atoms with Crippen LogP contribution in [0, 0.1) is 0 Å². The van der Waals surface area contributed by atoms with E-state index in [2.05, 4.69) is 11.6 Å². The molecule has 0 saturated carbocycles. The minimum absolute atomic E-state index is 0.332. The summed E-state index contributed by atoms with van der Waals surface area (Å²) in [6.07, 6.45) is 0. The van der Waals surface area contributed by atoms with Crippen LogP contribution in [0.1, 0.15) is 17.2 Å². The molecule has 0 spiro atoms. The summed E-state index contributed by atoms with van der Waals surface area (Å²) in [4.78, 5) is 18.4. The molecule has 2 aromatic carbocycles. The number of nitrogens with zero attached hydrogens (tertiary/aromatic N) is 2. The number of methoxy groups -OCH3 is 1. The maximum Gasteiger partial charge on any atom is 0.335 e. The Morgan fingerprint density at radius 2 is 1.88 bits per heavy atom. The number of carbonyl (C=O) groups is 1. The summed E-state index contributed by atoms with van der Waals surface area (Å²) in [5.41, 5.74) is 9.23. The minimum atomic E-state index is -0.456. The maximum atomic E-state index is 12.1. The fourth-order valence-corrected chi connectivity index (χ4v) is 2.88. The number of ether oxygens (including phenoxy) is 1. The SMILES string of the molecule is C=C(C(=O)OC)C1c2ccccc2N=C(N)N1Cc1ccccc1. The van der Waals surface area contributed by atoms with Gasteiger partial charge >= 0.3 is 5.97 Å². The zero-order valence-electron chi connectivity index (χ0n) is 13.5. The predicted molar refractivity (Wildman–Crippen MR) is 93.6 cm³/mol. The quantitative estimate of drug-likeness (QED) is 0.694. The molecule has 2 aromatic rings. The van der Waals surface area contributed by atoms with Gasteiger partial charge in [0.1, 0.15) is 0 Å². The van der Waals surface area contributed by atoms with E-state index < -0.39 is 12.0 Å². The molecule has 2 N–H and O–H groups in total. The number of hydrogen-bond donors (Lipinski definition) is 1. The smallest absolute Gasteiger partial charge is 0.335 e. The van der Waals surface area contributed by atoms with Crippen molar-refractivity contribution in [3.05, 3.63) is 77.9 Å². The van der Waals surface area contributed by atoms with Crippen molar-refractivity contribution in [3.8, 4) is 0 Å². The molecule has 1 atom stereocenters. The molecule has 0 radical (unpaired) electrons. The molecule has 5 nitrogen and oxygen atoms in total. The van der Waals surface area contributed by atoms with Crippen LogP contribution < -0.4 is 5.73 Å². The van der Waals surface area contributed by atoms with Gasteiger partial charge in [0.25, 0.3) is 0 Å². The summed E-state index contributed by atoms with van der Waals surface area (Å²) in [6.45, 7) is 4.47. The Bertz CT molecular complexity index is 799.